The van der Waals surface area contributed by atoms with Gasteiger partial charge in [-0.05, 0) is 24.3 Å². The van der Waals surface area contributed by atoms with Crippen molar-refractivity contribution in [1.29, 1.82) is 0 Å². The summed E-state index contributed by atoms with van der Waals surface area (Å²) in [7, 11) is 2.10. The highest BCUT2D eigenvalue weighted by atomic mass is 32.1. The Hall–Kier alpha value is -1.40. The Labute approximate surface area is 123 Å². The van der Waals surface area contributed by atoms with E-state index >= 15 is 0 Å². The van der Waals surface area contributed by atoms with Gasteiger partial charge in [0, 0.05) is 20.2 Å². The van der Waals surface area contributed by atoms with Gasteiger partial charge in [-0.1, -0.05) is 6.92 Å². The monoisotopic (exact) mass is 292 g/mol. The van der Waals surface area contributed by atoms with E-state index in [1.54, 1.807) is 11.3 Å². The van der Waals surface area contributed by atoms with Crippen molar-refractivity contribution in [2.45, 2.75) is 25.8 Å². The molecule has 1 aliphatic heterocycles. The number of rotatable bonds is 5. The average Bonchev–Trinajstić information content (AvgIpc) is 3.13. The number of fused-ring (bicyclic) bond motifs is 1. The Morgan fingerprint density at radius 2 is 2.40 bits per heavy atom. The van der Waals surface area contributed by atoms with E-state index in [0.29, 0.717) is 6.04 Å². The Morgan fingerprint density at radius 3 is 3.15 bits per heavy atom. The van der Waals surface area contributed by atoms with Gasteiger partial charge in [0.05, 0.1) is 18.0 Å². The fourth-order valence-corrected chi connectivity index (χ4v) is 3.18. The zero-order valence-corrected chi connectivity index (χ0v) is 12.7. The lowest BCUT2D eigenvalue weighted by molar-refractivity contribution is 0.193. The molecule has 1 saturated heterocycles. The van der Waals surface area contributed by atoms with Crippen LogP contribution in [0.4, 0.5) is 11.8 Å². The van der Waals surface area contributed by atoms with E-state index in [9.17, 15) is 0 Å². The number of nitrogens with zero attached hydrogens (tertiary/aromatic N) is 3. The summed E-state index contributed by atoms with van der Waals surface area (Å²) >= 11 is 1.66. The molecule has 0 spiro atoms. The van der Waals surface area contributed by atoms with Crippen molar-refractivity contribution in [3.05, 3.63) is 11.4 Å². The number of hydrogen-bond acceptors (Lipinski definition) is 6. The smallest absolute Gasteiger partial charge is 0.226 e. The minimum Gasteiger partial charge on any atom is -0.379 e. The maximum absolute atomic E-state index is 5.49. The summed E-state index contributed by atoms with van der Waals surface area (Å²) in [5.41, 5.74) is 0. The van der Waals surface area contributed by atoms with Crippen molar-refractivity contribution in [2.75, 3.05) is 37.0 Å². The molecule has 1 fully saturated rings. The number of nitrogens with one attached hydrogen (secondary N) is 1. The van der Waals surface area contributed by atoms with Crippen LogP contribution in [0.25, 0.3) is 10.2 Å². The van der Waals surface area contributed by atoms with Gasteiger partial charge in [0.25, 0.3) is 0 Å². The predicted molar refractivity (Wildman–Crippen MR) is 83.8 cm³/mol. The van der Waals surface area contributed by atoms with Crippen LogP contribution in [0.15, 0.2) is 11.4 Å². The molecule has 1 N–H and O–H groups in total. The number of aromatic nitrogens is 2. The SMILES string of the molecule is CCCNc1nc(N(C)C2CCOC2)c2ccsc2n1. The largest absolute Gasteiger partial charge is 0.379 e. The molecular formula is C14H20N4OS. The first kappa shape index (κ1) is 13.6. The van der Waals surface area contributed by atoms with Crippen LogP contribution in [0.3, 0.4) is 0 Å². The molecule has 0 radical (unpaired) electrons. The van der Waals surface area contributed by atoms with E-state index in [4.69, 9.17) is 9.72 Å². The second-order valence-corrected chi connectivity index (χ2v) is 5.96. The zero-order valence-electron chi connectivity index (χ0n) is 11.9. The van der Waals surface area contributed by atoms with Crippen LogP contribution in [-0.2, 0) is 4.74 Å². The summed E-state index contributed by atoms with van der Waals surface area (Å²) in [5.74, 6) is 1.73. The molecule has 5 nitrogen and oxygen atoms in total. The molecule has 0 aliphatic carbocycles. The molecule has 0 saturated carbocycles. The number of likely N-dealkylation sites (N-methyl/N-ethyl adjacent to an activating group) is 1. The molecule has 2 aromatic rings. The second-order valence-electron chi connectivity index (χ2n) is 5.07. The Morgan fingerprint density at radius 1 is 1.50 bits per heavy atom. The van der Waals surface area contributed by atoms with E-state index in [1.807, 2.05) is 0 Å². The molecule has 1 aliphatic rings. The third kappa shape index (κ3) is 2.58. The minimum absolute atomic E-state index is 0.409. The van der Waals surface area contributed by atoms with Crippen molar-refractivity contribution in [3.8, 4) is 0 Å². The molecular weight excluding hydrogens is 272 g/mol. The van der Waals surface area contributed by atoms with Gasteiger partial charge < -0.3 is 15.0 Å². The number of hydrogen-bond donors (Lipinski definition) is 1. The molecule has 0 amide bonds. The summed E-state index contributed by atoms with van der Waals surface area (Å²) in [6, 6.07) is 2.51. The lowest BCUT2D eigenvalue weighted by atomic mass is 10.2. The van der Waals surface area contributed by atoms with Crippen LogP contribution in [-0.4, -0.2) is 42.8 Å². The van der Waals surface area contributed by atoms with Gasteiger partial charge in [-0.25, -0.2) is 4.98 Å². The lowest BCUT2D eigenvalue weighted by Gasteiger charge is -2.25. The molecule has 2 aromatic heterocycles. The van der Waals surface area contributed by atoms with Gasteiger partial charge >= 0.3 is 0 Å². The van der Waals surface area contributed by atoms with E-state index in [1.165, 1.54) is 0 Å². The first-order chi connectivity index (χ1) is 9.79. The van der Waals surface area contributed by atoms with Crippen molar-refractivity contribution in [3.63, 3.8) is 0 Å². The maximum atomic E-state index is 5.49. The molecule has 20 heavy (non-hydrogen) atoms. The van der Waals surface area contributed by atoms with Gasteiger partial charge in [-0.2, -0.15) is 4.98 Å². The Kier molecular flexibility index (Phi) is 4.03. The molecule has 3 heterocycles. The summed E-state index contributed by atoms with van der Waals surface area (Å²) in [6.45, 7) is 4.66. The zero-order chi connectivity index (χ0) is 13.9. The molecule has 0 bridgehead atoms. The summed E-state index contributed by atoms with van der Waals surface area (Å²) in [5, 5.41) is 6.49. The van der Waals surface area contributed by atoms with E-state index in [-0.39, 0.29) is 0 Å². The fourth-order valence-electron chi connectivity index (χ4n) is 2.42. The van der Waals surface area contributed by atoms with Gasteiger partial charge in [0.1, 0.15) is 10.6 Å². The highest BCUT2D eigenvalue weighted by Gasteiger charge is 2.23. The van der Waals surface area contributed by atoms with Crippen LogP contribution in [0, 0.1) is 0 Å². The summed E-state index contributed by atoms with van der Waals surface area (Å²) in [6.07, 6.45) is 2.12. The minimum atomic E-state index is 0.409. The number of ether oxygens (including phenoxy) is 1. The Bertz CT molecular complexity index is 580. The molecule has 6 heteroatoms. The van der Waals surface area contributed by atoms with Crippen LogP contribution in [0.1, 0.15) is 19.8 Å². The average molecular weight is 292 g/mol. The third-order valence-corrected chi connectivity index (χ3v) is 4.43. The molecule has 0 aromatic carbocycles. The highest BCUT2D eigenvalue weighted by Crippen LogP contribution is 2.30. The second kappa shape index (κ2) is 5.93. The third-order valence-electron chi connectivity index (χ3n) is 3.63. The first-order valence-electron chi connectivity index (χ1n) is 7.09. The van der Waals surface area contributed by atoms with Crippen molar-refractivity contribution in [1.82, 2.24) is 9.97 Å². The summed E-state index contributed by atoms with van der Waals surface area (Å²) in [4.78, 5) is 12.6. The number of thiophene rings is 1. The maximum Gasteiger partial charge on any atom is 0.226 e. The van der Waals surface area contributed by atoms with Crippen molar-refractivity contribution < 1.29 is 4.74 Å². The standard InChI is InChI=1S/C14H20N4OS/c1-3-6-15-14-16-12(11-5-8-20-13(11)17-14)18(2)10-4-7-19-9-10/h5,8,10H,3-4,6-7,9H2,1-2H3,(H,15,16,17). The van der Waals surface area contributed by atoms with Crippen molar-refractivity contribution in [2.24, 2.45) is 0 Å². The van der Waals surface area contributed by atoms with Gasteiger partial charge in [-0.3, -0.25) is 0 Å². The van der Waals surface area contributed by atoms with Gasteiger partial charge in [0.15, 0.2) is 0 Å². The molecule has 108 valence electrons. The summed E-state index contributed by atoms with van der Waals surface area (Å²) < 4.78 is 5.49. The van der Waals surface area contributed by atoms with E-state index in [2.05, 4.69) is 40.6 Å². The molecule has 1 unspecified atom stereocenters. The lowest BCUT2D eigenvalue weighted by Crippen LogP contribution is -2.32. The normalized spacial score (nSPS) is 18.6. The predicted octanol–water partition coefficient (Wildman–Crippen LogP) is 2.74. The first-order valence-corrected chi connectivity index (χ1v) is 7.97. The molecule has 1 atom stereocenters. The van der Waals surface area contributed by atoms with Crippen LogP contribution < -0.4 is 10.2 Å². The van der Waals surface area contributed by atoms with Crippen LogP contribution >= 0.6 is 11.3 Å². The molecule has 3 rings (SSSR count). The number of anilines is 2. The van der Waals surface area contributed by atoms with Crippen LogP contribution in [0.2, 0.25) is 0 Å². The Balaban J connectivity index is 1.96. The van der Waals surface area contributed by atoms with E-state index < -0.39 is 0 Å². The topological polar surface area (TPSA) is 50.3 Å². The van der Waals surface area contributed by atoms with Crippen molar-refractivity contribution >= 4 is 33.3 Å². The van der Waals surface area contributed by atoms with Gasteiger partial charge in [-0.15, -0.1) is 11.3 Å². The van der Waals surface area contributed by atoms with Crippen LogP contribution in [0.5, 0.6) is 0 Å². The van der Waals surface area contributed by atoms with Gasteiger partial charge in [0.2, 0.25) is 5.95 Å². The quantitative estimate of drug-likeness (QED) is 0.918. The van der Waals surface area contributed by atoms with E-state index in [0.717, 1.165) is 54.6 Å². The fraction of sp³-hybridized carbons (Fsp3) is 0.571. The highest BCUT2D eigenvalue weighted by molar-refractivity contribution is 7.16.